The third-order valence-electron chi connectivity index (χ3n) is 4.94. The zero-order chi connectivity index (χ0) is 22.0. The first-order chi connectivity index (χ1) is 15.0. The van der Waals surface area contributed by atoms with Gasteiger partial charge < -0.3 is 4.57 Å². The number of hydrogen-bond donors (Lipinski definition) is 0. The molecule has 1 aromatic heterocycles. The van der Waals surface area contributed by atoms with Crippen LogP contribution in [-0.4, -0.2) is 9.49 Å². The molecular weight excluding hydrogens is 433 g/mol. The third kappa shape index (κ3) is 4.31. The zero-order valence-corrected chi connectivity index (χ0v) is 17.6. The molecule has 0 bridgehead atoms. The summed E-state index contributed by atoms with van der Waals surface area (Å²) in [5, 5.41) is 22.8. The van der Waals surface area contributed by atoms with E-state index in [2.05, 4.69) is 10.6 Å². The van der Waals surface area contributed by atoms with Crippen molar-refractivity contribution in [2.45, 2.75) is 6.54 Å². The van der Waals surface area contributed by atoms with E-state index < -0.39 is 4.92 Å². The Morgan fingerprint density at radius 3 is 2.61 bits per heavy atom. The van der Waals surface area contributed by atoms with Crippen molar-refractivity contribution in [3.05, 3.63) is 110 Å². The van der Waals surface area contributed by atoms with Gasteiger partial charge in [0.05, 0.1) is 26.6 Å². The number of rotatable bonds is 5. The highest BCUT2D eigenvalue weighted by molar-refractivity contribution is 6.42. The molecule has 0 aliphatic heterocycles. The van der Waals surface area contributed by atoms with Crippen LogP contribution in [0.1, 0.15) is 16.7 Å². The summed E-state index contributed by atoms with van der Waals surface area (Å²) in [5.74, 6) is 0. The van der Waals surface area contributed by atoms with E-state index in [0.29, 0.717) is 27.7 Å². The Morgan fingerprint density at radius 2 is 1.87 bits per heavy atom. The molecule has 3 aromatic carbocycles. The Bertz CT molecular complexity index is 1380. The SMILES string of the molecule is N#C/C(=C/c1cn(Cc2ccc(Cl)c(Cl)c2)c2ccccc12)c1cccc([N+](=O)[O-])c1. The molecule has 0 spiro atoms. The Hall–Kier alpha value is -3.59. The van der Waals surface area contributed by atoms with E-state index in [9.17, 15) is 15.4 Å². The molecule has 4 aromatic rings. The van der Waals surface area contributed by atoms with E-state index in [1.807, 2.05) is 42.6 Å². The van der Waals surface area contributed by atoms with Crippen molar-refractivity contribution in [3.63, 3.8) is 0 Å². The number of hydrogen-bond acceptors (Lipinski definition) is 3. The third-order valence-corrected chi connectivity index (χ3v) is 5.68. The monoisotopic (exact) mass is 447 g/mol. The Kier molecular flexibility index (Phi) is 5.77. The highest BCUT2D eigenvalue weighted by Crippen LogP contribution is 2.29. The molecule has 0 saturated heterocycles. The van der Waals surface area contributed by atoms with Gasteiger partial charge in [-0.25, -0.2) is 0 Å². The molecule has 0 unspecified atom stereocenters. The van der Waals surface area contributed by atoms with Crippen LogP contribution >= 0.6 is 23.2 Å². The number of nitrogens with zero attached hydrogens (tertiary/aromatic N) is 3. The second kappa shape index (κ2) is 8.65. The van der Waals surface area contributed by atoms with Gasteiger partial charge in [0.15, 0.2) is 0 Å². The van der Waals surface area contributed by atoms with Crippen LogP contribution in [-0.2, 0) is 6.54 Å². The van der Waals surface area contributed by atoms with Crippen molar-refractivity contribution in [1.82, 2.24) is 4.57 Å². The number of non-ortho nitro benzene ring substituents is 1. The van der Waals surface area contributed by atoms with Crippen molar-refractivity contribution >= 4 is 51.4 Å². The van der Waals surface area contributed by atoms with E-state index in [1.165, 1.54) is 12.1 Å². The number of nitro groups is 1. The fraction of sp³-hybridized carbons (Fsp3) is 0.0417. The van der Waals surface area contributed by atoms with Gasteiger partial charge in [0.2, 0.25) is 0 Å². The van der Waals surface area contributed by atoms with Crippen LogP contribution in [0, 0.1) is 21.4 Å². The van der Waals surface area contributed by atoms with E-state index in [4.69, 9.17) is 23.2 Å². The maximum absolute atomic E-state index is 11.1. The summed E-state index contributed by atoms with van der Waals surface area (Å²) in [5.41, 5.74) is 3.62. The van der Waals surface area contributed by atoms with Gasteiger partial charge in [0.25, 0.3) is 5.69 Å². The number of para-hydroxylation sites is 1. The average molecular weight is 448 g/mol. The van der Waals surface area contributed by atoms with Gasteiger partial charge >= 0.3 is 0 Å². The molecule has 5 nitrogen and oxygen atoms in total. The maximum Gasteiger partial charge on any atom is 0.270 e. The smallest absolute Gasteiger partial charge is 0.270 e. The van der Waals surface area contributed by atoms with Crippen LogP contribution in [0.4, 0.5) is 5.69 Å². The fourth-order valence-electron chi connectivity index (χ4n) is 3.48. The molecule has 1 heterocycles. The molecular formula is C24H15Cl2N3O2. The Labute approximate surface area is 188 Å². The summed E-state index contributed by atoms with van der Waals surface area (Å²) in [6, 6.07) is 21.6. The molecule has 7 heteroatoms. The minimum absolute atomic E-state index is 0.0549. The molecule has 0 N–H and O–H groups in total. The first-order valence-electron chi connectivity index (χ1n) is 9.34. The number of allylic oxidation sites excluding steroid dienone is 1. The van der Waals surface area contributed by atoms with E-state index >= 15 is 0 Å². The number of nitriles is 1. The minimum atomic E-state index is -0.471. The van der Waals surface area contributed by atoms with Gasteiger partial charge in [-0.15, -0.1) is 0 Å². The average Bonchev–Trinajstić information content (AvgIpc) is 3.12. The van der Waals surface area contributed by atoms with Crippen LogP contribution < -0.4 is 0 Å². The summed E-state index contributed by atoms with van der Waals surface area (Å²) in [4.78, 5) is 10.6. The van der Waals surface area contributed by atoms with Gasteiger partial charge in [-0.1, -0.05) is 59.6 Å². The molecule has 0 aliphatic rings. The van der Waals surface area contributed by atoms with Crippen molar-refractivity contribution in [3.8, 4) is 6.07 Å². The van der Waals surface area contributed by atoms with Crippen molar-refractivity contribution in [2.75, 3.05) is 0 Å². The molecule has 0 saturated carbocycles. The first kappa shape index (κ1) is 20.7. The van der Waals surface area contributed by atoms with Crippen molar-refractivity contribution < 1.29 is 4.92 Å². The minimum Gasteiger partial charge on any atom is -0.342 e. The summed E-state index contributed by atoms with van der Waals surface area (Å²) in [6.07, 6.45) is 3.72. The van der Waals surface area contributed by atoms with Crippen LogP contribution in [0.2, 0.25) is 10.0 Å². The predicted molar refractivity (Wildman–Crippen MR) is 124 cm³/mol. The van der Waals surface area contributed by atoms with E-state index in [0.717, 1.165) is 22.0 Å². The topological polar surface area (TPSA) is 71.9 Å². The van der Waals surface area contributed by atoms with E-state index in [1.54, 1.807) is 24.3 Å². The first-order valence-corrected chi connectivity index (χ1v) is 10.1. The number of fused-ring (bicyclic) bond motifs is 1. The Morgan fingerprint density at radius 1 is 1.06 bits per heavy atom. The highest BCUT2D eigenvalue weighted by atomic mass is 35.5. The lowest BCUT2D eigenvalue weighted by molar-refractivity contribution is -0.384. The molecule has 0 aliphatic carbocycles. The molecule has 31 heavy (non-hydrogen) atoms. The van der Waals surface area contributed by atoms with Crippen LogP contribution in [0.25, 0.3) is 22.6 Å². The summed E-state index contributed by atoms with van der Waals surface area (Å²) >= 11 is 12.2. The van der Waals surface area contributed by atoms with Crippen molar-refractivity contribution in [1.29, 1.82) is 5.26 Å². The lowest BCUT2D eigenvalue weighted by atomic mass is 10.0. The standard InChI is InChI=1S/C24H15Cl2N3O2/c25-22-9-8-16(10-23(22)26)14-28-15-19(21-6-1-2-7-24(21)28)11-18(13-27)17-4-3-5-20(12-17)29(30)31/h1-12,15H,14H2/b18-11-. The molecule has 4 rings (SSSR count). The number of aromatic nitrogens is 1. The van der Waals surface area contributed by atoms with Gasteiger partial charge in [-0.05, 0) is 35.4 Å². The fourth-order valence-corrected chi connectivity index (χ4v) is 3.80. The lowest BCUT2D eigenvalue weighted by Crippen LogP contribution is -1.97. The van der Waals surface area contributed by atoms with Crippen LogP contribution in [0.3, 0.4) is 0 Å². The summed E-state index contributed by atoms with van der Waals surface area (Å²) < 4.78 is 2.07. The number of benzene rings is 3. The molecule has 152 valence electrons. The van der Waals surface area contributed by atoms with Gasteiger partial charge in [-0.2, -0.15) is 5.26 Å². The second-order valence-corrected chi connectivity index (χ2v) is 7.77. The highest BCUT2D eigenvalue weighted by Gasteiger charge is 2.12. The second-order valence-electron chi connectivity index (χ2n) is 6.96. The van der Waals surface area contributed by atoms with E-state index in [-0.39, 0.29) is 5.69 Å². The van der Waals surface area contributed by atoms with Crippen molar-refractivity contribution in [2.24, 2.45) is 0 Å². The normalized spacial score (nSPS) is 11.5. The van der Waals surface area contributed by atoms with Gasteiger partial charge in [0.1, 0.15) is 0 Å². The lowest BCUT2D eigenvalue weighted by Gasteiger charge is -2.06. The quantitative estimate of drug-likeness (QED) is 0.188. The summed E-state index contributed by atoms with van der Waals surface area (Å²) in [7, 11) is 0. The molecule has 0 amide bonds. The summed E-state index contributed by atoms with van der Waals surface area (Å²) in [6.45, 7) is 0.573. The van der Waals surface area contributed by atoms with Crippen LogP contribution in [0.5, 0.6) is 0 Å². The molecule has 0 radical (unpaired) electrons. The van der Waals surface area contributed by atoms with Crippen LogP contribution in [0.15, 0.2) is 72.9 Å². The number of halogens is 2. The largest absolute Gasteiger partial charge is 0.342 e. The molecule has 0 atom stereocenters. The number of nitro benzene ring substituents is 1. The van der Waals surface area contributed by atoms with Gasteiger partial charge in [0, 0.05) is 41.3 Å². The van der Waals surface area contributed by atoms with Gasteiger partial charge in [-0.3, -0.25) is 10.1 Å². The Balaban J connectivity index is 1.79. The predicted octanol–water partition coefficient (Wildman–Crippen LogP) is 6.97. The molecule has 0 fully saturated rings. The maximum atomic E-state index is 11.1. The zero-order valence-electron chi connectivity index (χ0n) is 16.1.